The number of amides is 1. The standard InChI is InChI=1S/C23H19Cl4N5O2/c1-11(2)20-19-22(31-30-20)32(21-15(26)8-13(25)9-16(21)27)17(29-23(19)34)7-12-3-5-14(6-4-12)28-18(33)10-24/h3-6,8-9,11H,7,10H2,1-2H3,(H,28,33)(H,30,31). The fourth-order valence-corrected chi connectivity index (χ4v) is 4.73. The molecule has 4 aromatic rings. The number of alkyl halides is 1. The lowest BCUT2D eigenvalue weighted by Crippen LogP contribution is -2.19. The van der Waals surface area contributed by atoms with Crippen molar-refractivity contribution < 1.29 is 4.79 Å². The largest absolute Gasteiger partial charge is 0.325 e. The number of halogens is 4. The summed E-state index contributed by atoms with van der Waals surface area (Å²) in [6, 6.07) is 10.3. The lowest BCUT2D eigenvalue weighted by Gasteiger charge is -2.17. The molecule has 176 valence electrons. The van der Waals surface area contributed by atoms with Gasteiger partial charge in [-0.2, -0.15) is 10.1 Å². The third kappa shape index (κ3) is 4.79. The van der Waals surface area contributed by atoms with Gasteiger partial charge in [-0.1, -0.05) is 60.8 Å². The van der Waals surface area contributed by atoms with Crippen molar-refractivity contribution >= 4 is 69.0 Å². The lowest BCUT2D eigenvalue weighted by atomic mass is 10.1. The van der Waals surface area contributed by atoms with Gasteiger partial charge in [-0.05, 0) is 35.7 Å². The van der Waals surface area contributed by atoms with Crippen molar-refractivity contribution in [2.75, 3.05) is 11.2 Å². The highest BCUT2D eigenvalue weighted by molar-refractivity contribution is 6.40. The number of nitrogens with zero attached hydrogens (tertiary/aromatic N) is 3. The number of hydrogen-bond acceptors (Lipinski definition) is 4. The number of anilines is 1. The van der Waals surface area contributed by atoms with Gasteiger partial charge in [-0.3, -0.25) is 19.3 Å². The van der Waals surface area contributed by atoms with Crippen molar-refractivity contribution in [3.63, 3.8) is 0 Å². The van der Waals surface area contributed by atoms with Gasteiger partial charge in [0.05, 0.1) is 21.4 Å². The molecule has 0 fully saturated rings. The second-order valence-electron chi connectivity index (χ2n) is 7.93. The van der Waals surface area contributed by atoms with Gasteiger partial charge in [0.2, 0.25) is 5.91 Å². The maximum atomic E-state index is 13.1. The Balaban J connectivity index is 1.90. The topological polar surface area (TPSA) is 92.7 Å². The summed E-state index contributed by atoms with van der Waals surface area (Å²) in [6.07, 6.45) is 0.278. The van der Waals surface area contributed by atoms with E-state index in [0.717, 1.165) is 5.56 Å². The van der Waals surface area contributed by atoms with Crippen molar-refractivity contribution in [3.05, 3.63) is 78.9 Å². The van der Waals surface area contributed by atoms with Gasteiger partial charge in [0.1, 0.15) is 22.7 Å². The highest BCUT2D eigenvalue weighted by Gasteiger charge is 2.23. The van der Waals surface area contributed by atoms with Crippen LogP contribution in [0, 0.1) is 0 Å². The average molecular weight is 539 g/mol. The predicted molar refractivity (Wildman–Crippen MR) is 137 cm³/mol. The smallest absolute Gasteiger partial charge is 0.284 e. The molecule has 0 radical (unpaired) electrons. The van der Waals surface area contributed by atoms with E-state index in [4.69, 9.17) is 46.4 Å². The molecule has 1 amide bonds. The maximum absolute atomic E-state index is 13.1. The van der Waals surface area contributed by atoms with Crippen LogP contribution in [0.1, 0.15) is 36.8 Å². The number of rotatable bonds is 6. The Morgan fingerprint density at radius 3 is 2.35 bits per heavy atom. The van der Waals surface area contributed by atoms with Gasteiger partial charge in [0, 0.05) is 17.1 Å². The molecule has 0 atom stereocenters. The van der Waals surface area contributed by atoms with Crippen LogP contribution in [0.2, 0.25) is 15.1 Å². The van der Waals surface area contributed by atoms with E-state index in [9.17, 15) is 9.59 Å². The number of carbonyl (C=O) groups excluding carboxylic acids is 1. The van der Waals surface area contributed by atoms with Crippen LogP contribution < -0.4 is 10.9 Å². The first-order chi connectivity index (χ1) is 16.2. The zero-order valence-electron chi connectivity index (χ0n) is 18.1. The molecule has 0 spiro atoms. The third-order valence-electron chi connectivity index (χ3n) is 5.17. The van der Waals surface area contributed by atoms with E-state index in [2.05, 4.69) is 20.5 Å². The van der Waals surface area contributed by atoms with Crippen LogP contribution in [0.5, 0.6) is 0 Å². The fourth-order valence-electron chi connectivity index (χ4n) is 3.68. The molecule has 2 heterocycles. The first-order valence-corrected chi connectivity index (χ1v) is 12.0. The first kappa shape index (κ1) is 24.5. The second kappa shape index (κ2) is 9.96. The molecule has 2 aromatic carbocycles. The quantitative estimate of drug-likeness (QED) is 0.296. The number of aromatic nitrogens is 4. The Bertz CT molecular complexity index is 1420. The minimum Gasteiger partial charge on any atom is -0.325 e. The van der Waals surface area contributed by atoms with Gasteiger partial charge < -0.3 is 5.32 Å². The van der Waals surface area contributed by atoms with E-state index < -0.39 is 5.56 Å². The number of benzene rings is 2. The van der Waals surface area contributed by atoms with Crippen LogP contribution in [0.3, 0.4) is 0 Å². The molecule has 2 N–H and O–H groups in total. The van der Waals surface area contributed by atoms with Crippen LogP contribution in [-0.2, 0) is 11.2 Å². The van der Waals surface area contributed by atoms with Crippen LogP contribution >= 0.6 is 46.4 Å². The first-order valence-electron chi connectivity index (χ1n) is 10.3. The molecular weight excluding hydrogens is 520 g/mol. The van der Waals surface area contributed by atoms with Gasteiger partial charge in [0.25, 0.3) is 5.56 Å². The zero-order valence-corrected chi connectivity index (χ0v) is 21.1. The Morgan fingerprint density at radius 2 is 1.76 bits per heavy atom. The molecule has 7 nitrogen and oxygen atoms in total. The summed E-state index contributed by atoms with van der Waals surface area (Å²) >= 11 is 24.8. The Labute approximate surface area is 215 Å². The molecular formula is C23H19Cl4N5O2. The average Bonchev–Trinajstić information content (AvgIpc) is 3.22. The zero-order chi connectivity index (χ0) is 24.6. The van der Waals surface area contributed by atoms with Gasteiger partial charge in [-0.15, -0.1) is 11.6 Å². The van der Waals surface area contributed by atoms with Crippen molar-refractivity contribution in [2.24, 2.45) is 0 Å². The summed E-state index contributed by atoms with van der Waals surface area (Å²) in [5, 5.41) is 11.4. The maximum Gasteiger partial charge on any atom is 0.284 e. The van der Waals surface area contributed by atoms with Crippen LogP contribution in [0.4, 0.5) is 5.69 Å². The van der Waals surface area contributed by atoms with Crippen LogP contribution in [-0.4, -0.2) is 31.5 Å². The third-order valence-corrected chi connectivity index (χ3v) is 6.21. The van der Waals surface area contributed by atoms with Crippen molar-refractivity contribution in [1.29, 1.82) is 0 Å². The molecule has 0 bridgehead atoms. The Morgan fingerprint density at radius 1 is 1.12 bits per heavy atom. The Hall–Kier alpha value is -2.58. The number of H-pyrrole nitrogens is 1. The van der Waals surface area contributed by atoms with Crippen LogP contribution in [0.15, 0.2) is 41.2 Å². The summed E-state index contributed by atoms with van der Waals surface area (Å²) < 4.78 is 1.71. The molecule has 2 aromatic heterocycles. The van der Waals surface area contributed by atoms with Gasteiger partial charge >= 0.3 is 0 Å². The minimum atomic E-state index is -0.397. The molecule has 0 saturated carbocycles. The lowest BCUT2D eigenvalue weighted by molar-refractivity contribution is -0.113. The highest BCUT2D eigenvalue weighted by atomic mass is 35.5. The molecule has 4 rings (SSSR count). The molecule has 0 aliphatic heterocycles. The summed E-state index contributed by atoms with van der Waals surface area (Å²) in [7, 11) is 0. The van der Waals surface area contributed by atoms with Crippen molar-refractivity contribution in [3.8, 4) is 5.69 Å². The SMILES string of the molecule is CC(C)c1n[nH]c2c1c(=O)nc(Cc1ccc(NC(=O)CCl)cc1)n2-c1c(Cl)cc(Cl)cc1Cl. The van der Waals surface area contributed by atoms with E-state index >= 15 is 0 Å². The summed E-state index contributed by atoms with van der Waals surface area (Å²) in [4.78, 5) is 29.0. The molecule has 0 saturated heterocycles. The summed E-state index contributed by atoms with van der Waals surface area (Å²) in [5.41, 5.74) is 2.53. The summed E-state index contributed by atoms with van der Waals surface area (Å²) in [5.74, 6) is -0.0412. The van der Waals surface area contributed by atoms with E-state index in [1.54, 1.807) is 28.8 Å². The molecule has 0 aliphatic carbocycles. The number of fused-ring (bicyclic) bond motifs is 1. The van der Waals surface area contributed by atoms with E-state index in [0.29, 0.717) is 49.0 Å². The predicted octanol–water partition coefficient (Wildman–Crippen LogP) is 5.96. The van der Waals surface area contributed by atoms with Crippen molar-refractivity contribution in [1.82, 2.24) is 19.7 Å². The van der Waals surface area contributed by atoms with Gasteiger partial charge in [-0.25, -0.2) is 0 Å². The van der Waals surface area contributed by atoms with Crippen molar-refractivity contribution in [2.45, 2.75) is 26.2 Å². The fraction of sp³-hybridized carbons (Fsp3) is 0.217. The summed E-state index contributed by atoms with van der Waals surface area (Å²) in [6.45, 7) is 3.89. The molecule has 0 aliphatic rings. The minimum absolute atomic E-state index is 0.00514. The molecule has 34 heavy (non-hydrogen) atoms. The second-order valence-corrected chi connectivity index (χ2v) is 9.45. The molecule has 11 heteroatoms. The van der Waals surface area contributed by atoms with Crippen LogP contribution in [0.25, 0.3) is 16.7 Å². The molecule has 0 unspecified atom stereocenters. The normalized spacial score (nSPS) is 11.4. The monoisotopic (exact) mass is 537 g/mol. The number of aromatic amines is 1. The number of carbonyl (C=O) groups is 1. The number of hydrogen-bond donors (Lipinski definition) is 2. The van der Waals surface area contributed by atoms with E-state index in [-0.39, 0.29) is 24.1 Å². The number of nitrogens with one attached hydrogen (secondary N) is 2. The van der Waals surface area contributed by atoms with Gasteiger partial charge in [0.15, 0.2) is 0 Å². The van der Waals surface area contributed by atoms with E-state index in [1.165, 1.54) is 0 Å². The van der Waals surface area contributed by atoms with E-state index in [1.807, 2.05) is 26.0 Å². The highest BCUT2D eigenvalue weighted by Crippen LogP contribution is 2.35. The Kier molecular flexibility index (Phi) is 7.19.